The second-order valence-corrected chi connectivity index (χ2v) is 5.78. The number of amides is 1. The number of hydrogen-bond donors (Lipinski definition) is 0. The molecule has 1 atom stereocenters. The second kappa shape index (κ2) is 6.78. The number of carbonyl (C=O) groups excluding carboxylic acids is 1. The monoisotopic (exact) mass is 329 g/mol. The Kier molecular flexibility index (Phi) is 4.55. The van der Waals surface area contributed by atoms with Crippen molar-refractivity contribution in [2.45, 2.75) is 26.1 Å². The topological polar surface area (TPSA) is 69.0 Å². The molecule has 1 aliphatic rings. The van der Waals surface area contributed by atoms with Crippen molar-refractivity contribution in [3.63, 3.8) is 0 Å². The summed E-state index contributed by atoms with van der Waals surface area (Å²) >= 11 is 0. The zero-order chi connectivity index (χ0) is 17.1. The Balaban J connectivity index is 1.50. The molecule has 126 valence electrons. The zero-order valence-corrected chi connectivity index (χ0v) is 13.6. The maximum Gasteiger partial charge on any atom is 0.339 e. The Morgan fingerprint density at radius 2 is 1.92 bits per heavy atom. The van der Waals surface area contributed by atoms with Gasteiger partial charge in [-0.25, -0.2) is 4.79 Å². The minimum Gasteiger partial charge on any atom is -0.486 e. The normalized spacial score (nSPS) is 15.5. The molecular formula is C18H19NO5. The Labute approximate surface area is 139 Å². The van der Waals surface area contributed by atoms with Crippen LogP contribution in [0.1, 0.15) is 12.7 Å². The number of hydrogen-bond acceptors (Lipinski definition) is 5. The van der Waals surface area contributed by atoms with E-state index in [1.165, 1.54) is 6.07 Å². The average Bonchev–Trinajstić information content (AvgIpc) is 2.50. The molecule has 1 amide bonds. The van der Waals surface area contributed by atoms with Gasteiger partial charge in [0.2, 0.25) is 0 Å². The number of para-hydroxylation sites is 1. The molecule has 0 radical (unpaired) electrons. The van der Waals surface area contributed by atoms with E-state index >= 15 is 0 Å². The van der Waals surface area contributed by atoms with Crippen molar-refractivity contribution >= 4 is 5.91 Å². The van der Waals surface area contributed by atoms with E-state index in [0.29, 0.717) is 30.3 Å². The largest absolute Gasteiger partial charge is 0.486 e. The highest BCUT2D eigenvalue weighted by atomic mass is 16.5. The lowest BCUT2D eigenvalue weighted by molar-refractivity contribution is -0.146. The molecule has 3 rings (SSSR count). The summed E-state index contributed by atoms with van der Waals surface area (Å²) in [6.07, 6.45) is -0.682. The summed E-state index contributed by atoms with van der Waals surface area (Å²) in [6, 6.07) is 12.2. The summed E-state index contributed by atoms with van der Waals surface area (Å²) in [7, 11) is 0. The average molecular weight is 329 g/mol. The lowest BCUT2D eigenvalue weighted by Gasteiger charge is -2.40. The predicted molar refractivity (Wildman–Crippen MR) is 87.2 cm³/mol. The fourth-order valence-electron chi connectivity index (χ4n) is 2.54. The first kappa shape index (κ1) is 16.1. The summed E-state index contributed by atoms with van der Waals surface area (Å²) in [5.41, 5.74) is -0.442. The molecular weight excluding hydrogens is 310 g/mol. The fourth-order valence-corrected chi connectivity index (χ4v) is 2.54. The molecule has 0 saturated carbocycles. The molecule has 1 aromatic carbocycles. The van der Waals surface area contributed by atoms with Crippen molar-refractivity contribution in [3.8, 4) is 11.5 Å². The molecule has 24 heavy (non-hydrogen) atoms. The maximum absolute atomic E-state index is 12.3. The van der Waals surface area contributed by atoms with Crippen LogP contribution in [0, 0.1) is 6.92 Å². The number of likely N-dealkylation sites (tertiary alicyclic amines) is 1. The highest BCUT2D eigenvalue weighted by Gasteiger charge is 2.35. The Hall–Kier alpha value is -2.76. The highest BCUT2D eigenvalue weighted by molar-refractivity contribution is 5.81. The number of rotatable bonds is 5. The molecule has 0 spiro atoms. The first-order chi connectivity index (χ1) is 11.5. The minimum absolute atomic E-state index is 0.0811. The molecule has 2 aromatic rings. The number of ether oxygens (including phenoxy) is 2. The van der Waals surface area contributed by atoms with Crippen molar-refractivity contribution in [2.75, 3.05) is 13.1 Å². The van der Waals surface area contributed by atoms with Crippen molar-refractivity contribution in [1.29, 1.82) is 0 Å². The predicted octanol–water partition coefficient (Wildman–Crippen LogP) is 2.01. The third-order valence-electron chi connectivity index (χ3n) is 3.73. The van der Waals surface area contributed by atoms with E-state index in [9.17, 15) is 9.59 Å². The molecule has 0 bridgehead atoms. The van der Waals surface area contributed by atoms with Crippen LogP contribution in [-0.2, 0) is 4.79 Å². The molecule has 0 aliphatic carbocycles. The summed E-state index contributed by atoms with van der Waals surface area (Å²) < 4.78 is 16.2. The summed E-state index contributed by atoms with van der Waals surface area (Å²) in [4.78, 5) is 25.3. The van der Waals surface area contributed by atoms with Crippen molar-refractivity contribution < 1.29 is 18.7 Å². The molecule has 1 aromatic heterocycles. The molecule has 1 aliphatic heterocycles. The Bertz CT molecular complexity index is 764. The molecule has 1 saturated heterocycles. The van der Waals surface area contributed by atoms with Gasteiger partial charge in [-0.05, 0) is 26.0 Å². The standard InChI is InChI=1S/C18H19NO5/c1-12-8-15(9-17(20)22-12)24-16-10-19(11-16)18(21)13(2)23-14-6-4-3-5-7-14/h3-9,13,16H,10-11H2,1-2H3/t13-/m1/s1. The van der Waals surface area contributed by atoms with Crippen LogP contribution >= 0.6 is 0 Å². The second-order valence-electron chi connectivity index (χ2n) is 5.78. The van der Waals surface area contributed by atoms with E-state index in [1.807, 2.05) is 30.3 Å². The van der Waals surface area contributed by atoms with Crippen LogP contribution in [0.25, 0.3) is 0 Å². The van der Waals surface area contributed by atoms with E-state index in [-0.39, 0.29) is 12.0 Å². The van der Waals surface area contributed by atoms with Crippen molar-refractivity contribution in [3.05, 3.63) is 58.6 Å². The van der Waals surface area contributed by atoms with Crippen LogP contribution in [0.4, 0.5) is 0 Å². The van der Waals surface area contributed by atoms with E-state index in [2.05, 4.69) is 0 Å². The number of benzene rings is 1. The van der Waals surface area contributed by atoms with Gasteiger partial charge >= 0.3 is 5.63 Å². The fraction of sp³-hybridized carbons (Fsp3) is 0.333. The van der Waals surface area contributed by atoms with Gasteiger partial charge in [0.05, 0.1) is 19.2 Å². The van der Waals surface area contributed by atoms with Crippen molar-refractivity contribution in [2.24, 2.45) is 0 Å². The van der Waals surface area contributed by atoms with Gasteiger partial charge in [-0.15, -0.1) is 0 Å². The molecule has 0 N–H and O–H groups in total. The van der Waals surface area contributed by atoms with Gasteiger partial charge in [0.25, 0.3) is 5.91 Å². The molecule has 6 nitrogen and oxygen atoms in total. The van der Waals surface area contributed by atoms with Crippen LogP contribution < -0.4 is 15.1 Å². The minimum atomic E-state index is -0.556. The van der Waals surface area contributed by atoms with Crippen LogP contribution in [0.5, 0.6) is 11.5 Å². The van der Waals surface area contributed by atoms with Gasteiger partial charge in [-0.2, -0.15) is 0 Å². The van der Waals surface area contributed by atoms with E-state index in [4.69, 9.17) is 13.9 Å². The quantitative estimate of drug-likeness (QED) is 0.839. The van der Waals surface area contributed by atoms with Gasteiger partial charge in [0.1, 0.15) is 23.4 Å². The van der Waals surface area contributed by atoms with Gasteiger partial charge in [0, 0.05) is 6.07 Å². The lowest BCUT2D eigenvalue weighted by Crippen LogP contribution is -2.58. The van der Waals surface area contributed by atoms with Crippen LogP contribution in [0.15, 0.2) is 51.7 Å². The first-order valence-electron chi connectivity index (χ1n) is 7.80. The number of aryl methyl sites for hydroxylation is 1. The van der Waals surface area contributed by atoms with Gasteiger partial charge < -0.3 is 18.8 Å². The lowest BCUT2D eigenvalue weighted by atomic mass is 10.1. The van der Waals surface area contributed by atoms with Crippen molar-refractivity contribution in [1.82, 2.24) is 4.90 Å². The third-order valence-corrected chi connectivity index (χ3v) is 3.73. The van der Waals surface area contributed by atoms with E-state index in [0.717, 1.165) is 0 Å². The van der Waals surface area contributed by atoms with Gasteiger partial charge in [0.15, 0.2) is 6.10 Å². The molecule has 0 unspecified atom stereocenters. The molecule has 1 fully saturated rings. The Morgan fingerprint density at radius 1 is 1.21 bits per heavy atom. The van der Waals surface area contributed by atoms with Crippen LogP contribution in [0.3, 0.4) is 0 Å². The number of carbonyl (C=O) groups is 1. The summed E-state index contributed by atoms with van der Waals surface area (Å²) in [5, 5.41) is 0. The van der Waals surface area contributed by atoms with Crippen LogP contribution in [-0.4, -0.2) is 36.1 Å². The first-order valence-corrected chi connectivity index (χ1v) is 7.80. The van der Waals surface area contributed by atoms with Gasteiger partial charge in [-0.3, -0.25) is 4.79 Å². The Morgan fingerprint density at radius 3 is 2.58 bits per heavy atom. The van der Waals surface area contributed by atoms with Gasteiger partial charge in [-0.1, -0.05) is 18.2 Å². The summed E-state index contributed by atoms with van der Waals surface area (Å²) in [5.74, 6) is 1.55. The molecule has 2 heterocycles. The third kappa shape index (κ3) is 3.76. The SMILES string of the molecule is Cc1cc(OC2CN(C(=O)[C@@H](C)Oc3ccccc3)C2)cc(=O)o1. The van der Waals surface area contributed by atoms with Crippen LogP contribution in [0.2, 0.25) is 0 Å². The maximum atomic E-state index is 12.3. The smallest absolute Gasteiger partial charge is 0.339 e. The molecule has 6 heteroatoms. The highest BCUT2D eigenvalue weighted by Crippen LogP contribution is 2.20. The van der Waals surface area contributed by atoms with E-state index < -0.39 is 11.7 Å². The zero-order valence-electron chi connectivity index (χ0n) is 13.6. The van der Waals surface area contributed by atoms with E-state index in [1.54, 1.807) is 24.8 Å². The number of nitrogens with zero attached hydrogens (tertiary/aromatic N) is 1. The summed E-state index contributed by atoms with van der Waals surface area (Å²) in [6.45, 7) is 4.37.